The number of rotatable bonds is 4. The van der Waals surface area contributed by atoms with Crippen molar-refractivity contribution in [1.82, 2.24) is 5.43 Å². The molecule has 0 spiro atoms. The van der Waals surface area contributed by atoms with Crippen molar-refractivity contribution in [2.24, 2.45) is 11.8 Å². The summed E-state index contributed by atoms with van der Waals surface area (Å²) in [5, 5.41) is 0.822. The van der Waals surface area contributed by atoms with Crippen LogP contribution in [0.5, 0.6) is 0 Å². The maximum absolute atomic E-state index is 6.25. The predicted molar refractivity (Wildman–Crippen MR) is 68.2 cm³/mol. The molecule has 1 saturated carbocycles. The van der Waals surface area contributed by atoms with Crippen LogP contribution in [-0.4, -0.2) is 0 Å². The molecule has 1 aliphatic rings. The Morgan fingerprint density at radius 3 is 2.75 bits per heavy atom. The Kier molecular flexibility index (Phi) is 3.85. The van der Waals surface area contributed by atoms with Crippen LogP contribution in [0.2, 0.25) is 5.02 Å². The lowest BCUT2D eigenvalue weighted by atomic mass is 9.79. The fraction of sp³-hybridized carbons (Fsp3) is 0.538. The molecule has 0 radical (unpaired) electrons. The molecule has 1 atom stereocenters. The highest BCUT2D eigenvalue weighted by atomic mass is 35.5. The van der Waals surface area contributed by atoms with Crippen LogP contribution in [-0.2, 0) is 0 Å². The molecular formula is C13H19ClN2. The van der Waals surface area contributed by atoms with E-state index in [2.05, 4.69) is 17.6 Å². The van der Waals surface area contributed by atoms with Crippen LogP contribution in [0.15, 0.2) is 18.2 Å². The summed E-state index contributed by atoms with van der Waals surface area (Å²) in [7, 11) is 0. The Bertz CT molecular complexity index is 361. The molecule has 0 saturated heterocycles. The van der Waals surface area contributed by atoms with E-state index < -0.39 is 0 Å². The van der Waals surface area contributed by atoms with Crippen LogP contribution in [0.25, 0.3) is 0 Å². The van der Waals surface area contributed by atoms with Gasteiger partial charge in [0.2, 0.25) is 0 Å². The van der Waals surface area contributed by atoms with Gasteiger partial charge < -0.3 is 0 Å². The Balaban J connectivity index is 2.11. The van der Waals surface area contributed by atoms with Crippen LogP contribution >= 0.6 is 11.6 Å². The molecule has 88 valence electrons. The van der Waals surface area contributed by atoms with Gasteiger partial charge in [0.25, 0.3) is 0 Å². The number of hydrogen-bond acceptors (Lipinski definition) is 2. The van der Waals surface area contributed by atoms with Crippen LogP contribution in [0, 0.1) is 12.8 Å². The maximum atomic E-state index is 6.25. The summed E-state index contributed by atoms with van der Waals surface area (Å²) in [6, 6.07) is 6.37. The van der Waals surface area contributed by atoms with E-state index in [-0.39, 0.29) is 6.04 Å². The minimum Gasteiger partial charge on any atom is -0.271 e. The molecule has 0 bridgehead atoms. The highest BCUT2D eigenvalue weighted by Crippen LogP contribution is 2.36. The average molecular weight is 239 g/mol. The number of nitrogens with two attached hydrogens (primary N) is 1. The molecule has 0 heterocycles. The first-order valence-corrected chi connectivity index (χ1v) is 6.30. The minimum atomic E-state index is 0.193. The Labute approximate surface area is 102 Å². The van der Waals surface area contributed by atoms with Gasteiger partial charge in [-0.05, 0) is 36.5 Å². The first-order valence-electron chi connectivity index (χ1n) is 5.93. The monoisotopic (exact) mass is 238 g/mol. The second-order valence-corrected chi connectivity index (χ2v) is 5.18. The van der Waals surface area contributed by atoms with E-state index in [9.17, 15) is 0 Å². The van der Waals surface area contributed by atoms with Crippen LogP contribution in [0.3, 0.4) is 0 Å². The zero-order valence-corrected chi connectivity index (χ0v) is 10.4. The van der Waals surface area contributed by atoms with Gasteiger partial charge in [-0.25, -0.2) is 0 Å². The second kappa shape index (κ2) is 5.17. The van der Waals surface area contributed by atoms with Crippen molar-refractivity contribution in [1.29, 1.82) is 0 Å². The summed E-state index contributed by atoms with van der Waals surface area (Å²) in [5.41, 5.74) is 5.21. The predicted octanol–water partition coefficient (Wildman–Crippen LogP) is 3.34. The highest BCUT2D eigenvalue weighted by molar-refractivity contribution is 6.31. The smallest absolute Gasteiger partial charge is 0.0477 e. The summed E-state index contributed by atoms with van der Waals surface area (Å²) < 4.78 is 0. The quantitative estimate of drug-likeness (QED) is 0.624. The van der Waals surface area contributed by atoms with Crippen molar-refractivity contribution in [3.05, 3.63) is 34.3 Å². The number of benzene rings is 1. The summed E-state index contributed by atoms with van der Waals surface area (Å²) in [4.78, 5) is 0. The zero-order valence-electron chi connectivity index (χ0n) is 9.67. The Hall–Kier alpha value is -0.570. The largest absolute Gasteiger partial charge is 0.271 e. The molecule has 16 heavy (non-hydrogen) atoms. The highest BCUT2D eigenvalue weighted by Gasteiger charge is 2.23. The van der Waals surface area contributed by atoms with Crippen LogP contribution in [0.4, 0.5) is 0 Å². The third kappa shape index (κ3) is 2.57. The van der Waals surface area contributed by atoms with E-state index in [0.717, 1.165) is 22.9 Å². The molecule has 0 aliphatic heterocycles. The number of halogens is 1. The molecule has 1 aromatic rings. The van der Waals surface area contributed by atoms with Gasteiger partial charge in [0.1, 0.15) is 0 Å². The van der Waals surface area contributed by atoms with Crippen molar-refractivity contribution in [2.75, 3.05) is 0 Å². The third-order valence-corrected chi connectivity index (χ3v) is 3.85. The zero-order chi connectivity index (χ0) is 11.5. The summed E-state index contributed by atoms with van der Waals surface area (Å²) in [6.07, 6.45) is 5.13. The average Bonchev–Trinajstić information content (AvgIpc) is 2.18. The van der Waals surface area contributed by atoms with Crippen molar-refractivity contribution < 1.29 is 0 Å². The van der Waals surface area contributed by atoms with Crippen LogP contribution < -0.4 is 11.3 Å². The molecule has 1 unspecified atom stereocenters. The summed E-state index contributed by atoms with van der Waals surface area (Å²) >= 11 is 6.25. The first-order chi connectivity index (χ1) is 7.70. The number of hydrazine groups is 1. The van der Waals surface area contributed by atoms with Crippen molar-refractivity contribution in [3.63, 3.8) is 0 Å². The molecule has 1 fully saturated rings. The molecule has 2 nitrogen and oxygen atoms in total. The molecular weight excluding hydrogens is 220 g/mol. The SMILES string of the molecule is Cc1ccc(C(CC2CCC2)NN)c(Cl)c1. The van der Waals surface area contributed by atoms with E-state index >= 15 is 0 Å². The van der Waals surface area contributed by atoms with Crippen molar-refractivity contribution in [3.8, 4) is 0 Å². The van der Waals surface area contributed by atoms with E-state index in [1.165, 1.54) is 24.8 Å². The molecule has 2 rings (SSSR count). The lowest BCUT2D eigenvalue weighted by Gasteiger charge is -2.30. The molecule has 1 aromatic carbocycles. The molecule has 0 amide bonds. The fourth-order valence-electron chi connectivity index (χ4n) is 2.26. The molecule has 3 heteroatoms. The van der Waals surface area contributed by atoms with Gasteiger partial charge >= 0.3 is 0 Å². The van der Waals surface area contributed by atoms with Gasteiger partial charge in [-0.3, -0.25) is 11.3 Å². The summed E-state index contributed by atoms with van der Waals surface area (Å²) in [6.45, 7) is 2.05. The van der Waals surface area contributed by atoms with Gasteiger partial charge in [-0.2, -0.15) is 0 Å². The van der Waals surface area contributed by atoms with Gasteiger partial charge in [0.05, 0.1) is 0 Å². The molecule has 0 aromatic heterocycles. The van der Waals surface area contributed by atoms with E-state index in [1.54, 1.807) is 0 Å². The number of nitrogens with one attached hydrogen (secondary N) is 1. The first kappa shape index (κ1) is 11.9. The van der Waals surface area contributed by atoms with Crippen molar-refractivity contribution >= 4 is 11.6 Å². The lowest BCUT2D eigenvalue weighted by molar-refractivity contribution is 0.262. The maximum Gasteiger partial charge on any atom is 0.0477 e. The van der Waals surface area contributed by atoms with Gasteiger partial charge in [0, 0.05) is 11.1 Å². The number of hydrogen-bond donors (Lipinski definition) is 2. The van der Waals surface area contributed by atoms with Crippen molar-refractivity contribution in [2.45, 2.75) is 38.6 Å². The summed E-state index contributed by atoms with van der Waals surface area (Å²) in [5.74, 6) is 6.45. The van der Waals surface area contributed by atoms with E-state index in [4.69, 9.17) is 17.4 Å². The Morgan fingerprint density at radius 1 is 1.50 bits per heavy atom. The minimum absolute atomic E-state index is 0.193. The van der Waals surface area contributed by atoms with Gasteiger partial charge in [0.15, 0.2) is 0 Å². The lowest BCUT2D eigenvalue weighted by Crippen LogP contribution is -2.31. The van der Waals surface area contributed by atoms with E-state index in [1.807, 2.05) is 13.0 Å². The third-order valence-electron chi connectivity index (χ3n) is 3.53. The molecule has 1 aliphatic carbocycles. The molecule has 3 N–H and O–H groups in total. The van der Waals surface area contributed by atoms with Crippen LogP contribution in [0.1, 0.15) is 42.9 Å². The van der Waals surface area contributed by atoms with E-state index in [0.29, 0.717) is 0 Å². The van der Waals surface area contributed by atoms with Gasteiger partial charge in [-0.15, -0.1) is 0 Å². The second-order valence-electron chi connectivity index (χ2n) is 4.78. The van der Waals surface area contributed by atoms with Gasteiger partial charge in [-0.1, -0.05) is 43.0 Å². The number of aryl methyl sites for hydroxylation is 1. The standard InChI is InChI=1S/C13H19ClN2/c1-9-5-6-11(12(14)7-9)13(16-15)8-10-3-2-4-10/h5-7,10,13,16H,2-4,8,15H2,1H3. The fourth-order valence-corrected chi connectivity index (χ4v) is 2.63. The topological polar surface area (TPSA) is 38.0 Å². The Morgan fingerprint density at radius 2 is 2.25 bits per heavy atom. The normalized spacial score (nSPS) is 18.2.